The van der Waals surface area contributed by atoms with Crippen molar-refractivity contribution in [3.05, 3.63) is 34.9 Å². The van der Waals surface area contributed by atoms with Crippen LogP contribution in [0.4, 0.5) is 0 Å². The molecule has 1 heterocycles. The zero-order valence-corrected chi connectivity index (χ0v) is 16.6. The Balaban J connectivity index is 0.00000264. The predicted molar refractivity (Wildman–Crippen MR) is 105 cm³/mol. The van der Waals surface area contributed by atoms with Crippen LogP contribution >= 0.6 is 35.6 Å². The van der Waals surface area contributed by atoms with Crippen molar-refractivity contribution in [2.75, 3.05) is 20.1 Å². The third-order valence-corrected chi connectivity index (χ3v) is 4.03. The van der Waals surface area contributed by atoms with Gasteiger partial charge in [0.15, 0.2) is 5.96 Å². The van der Waals surface area contributed by atoms with Crippen LogP contribution in [0, 0.1) is 0 Å². The highest BCUT2D eigenvalue weighted by molar-refractivity contribution is 14.0. The minimum absolute atomic E-state index is 0. The van der Waals surface area contributed by atoms with Gasteiger partial charge in [-0.2, -0.15) is 0 Å². The van der Waals surface area contributed by atoms with Crippen LogP contribution < -0.4 is 10.6 Å². The van der Waals surface area contributed by atoms with Gasteiger partial charge in [0.1, 0.15) is 0 Å². The summed E-state index contributed by atoms with van der Waals surface area (Å²) in [5, 5.41) is 7.39. The lowest BCUT2D eigenvalue weighted by Crippen LogP contribution is -2.44. The highest BCUT2D eigenvalue weighted by atomic mass is 127. The molecule has 0 aliphatic carbocycles. The maximum absolute atomic E-state index is 11.7. The number of guanidine groups is 1. The van der Waals surface area contributed by atoms with Crippen molar-refractivity contribution in [2.24, 2.45) is 4.99 Å². The quantitative estimate of drug-likeness (QED) is 0.421. The SMILES string of the molecule is CCC(=O)N1CCC(NC(=NC)NCc2ccc(Cl)cc2)C1.I. The molecular weight excluding hydrogens is 427 g/mol. The summed E-state index contributed by atoms with van der Waals surface area (Å²) in [6.07, 6.45) is 1.52. The summed E-state index contributed by atoms with van der Waals surface area (Å²) in [6.45, 7) is 4.14. The molecule has 1 saturated heterocycles. The Kier molecular flexibility index (Phi) is 8.68. The Labute approximate surface area is 159 Å². The summed E-state index contributed by atoms with van der Waals surface area (Å²) in [6, 6.07) is 7.98. The third kappa shape index (κ3) is 6.18. The molecule has 2 rings (SSSR count). The Hall–Kier alpha value is -1.02. The van der Waals surface area contributed by atoms with E-state index in [4.69, 9.17) is 11.6 Å². The molecule has 0 bridgehead atoms. The number of benzene rings is 1. The van der Waals surface area contributed by atoms with E-state index in [0.717, 1.165) is 36.1 Å². The molecule has 1 amide bonds. The van der Waals surface area contributed by atoms with Gasteiger partial charge in [0.2, 0.25) is 5.91 Å². The Morgan fingerprint density at radius 2 is 2.09 bits per heavy atom. The van der Waals surface area contributed by atoms with Crippen LogP contribution in [0.5, 0.6) is 0 Å². The molecular formula is C16H24ClIN4O. The van der Waals surface area contributed by atoms with Crippen LogP contribution in [0.15, 0.2) is 29.3 Å². The number of hydrogen-bond acceptors (Lipinski definition) is 2. The Morgan fingerprint density at radius 1 is 1.39 bits per heavy atom. The molecule has 1 aromatic carbocycles. The number of likely N-dealkylation sites (tertiary alicyclic amines) is 1. The number of halogens is 2. The fourth-order valence-electron chi connectivity index (χ4n) is 2.50. The van der Waals surface area contributed by atoms with Crippen molar-refractivity contribution >= 4 is 47.4 Å². The first-order valence-electron chi connectivity index (χ1n) is 7.61. The van der Waals surface area contributed by atoms with Crippen molar-refractivity contribution in [1.29, 1.82) is 0 Å². The third-order valence-electron chi connectivity index (χ3n) is 3.78. The van der Waals surface area contributed by atoms with Crippen LogP contribution in [0.3, 0.4) is 0 Å². The molecule has 0 saturated carbocycles. The van der Waals surface area contributed by atoms with Crippen molar-refractivity contribution in [3.63, 3.8) is 0 Å². The molecule has 0 radical (unpaired) electrons. The molecule has 1 atom stereocenters. The predicted octanol–water partition coefficient (Wildman–Crippen LogP) is 2.63. The zero-order chi connectivity index (χ0) is 15.9. The van der Waals surface area contributed by atoms with Crippen molar-refractivity contribution < 1.29 is 4.79 Å². The van der Waals surface area contributed by atoms with Crippen LogP contribution in [0.2, 0.25) is 5.02 Å². The van der Waals surface area contributed by atoms with E-state index in [9.17, 15) is 4.79 Å². The van der Waals surface area contributed by atoms with Gasteiger partial charge in [-0.05, 0) is 24.1 Å². The largest absolute Gasteiger partial charge is 0.352 e. The van der Waals surface area contributed by atoms with Crippen molar-refractivity contribution in [3.8, 4) is 0 Å². The van der Waals surface area contributed by atoms with Crippen molar-refractivity contribution in [2.45, 2.75) is 32.4 Å². The monoisotopic (exact) mass is 450 g/mol. The lowest BCUT2D eigenvalue weighted by molar-refractivity contribution is -0.129. The van der Waals surface area contributed by atoms with Gasteiger partial charge < -0.3 is 15.5 Å². The fourth-order valence-corrected chi connectivity index (χ4v) is 2.63. The summed E-state index contributed by atoms with van der Waals surface area (Å²) in [5.74, 6) is 0.971. The second-order valence-electron chi connectivity index (χ2n) is 5.38. The van der Waals surface area contributed by atoms with E-state index in [0.29, 0.717) is 13.0 Å². The molecule has 0 aromatic heterocycles. The van der Waals surface area contributed by atoms with E-state index < -0.39 is 0 Å². The van der Waals surface area contributed by atoms with Gasteiger partial charge >= 0.3 is 0 Å². The molecule has 1 aromatic rings. The van der Waals surface area contributed by atoms with E-state index in [2.05, 4.69) is 15.6 Å². The molecule has 2 N–H and O–H groups in total. The van der Waals surface area contributed by atoms with Gasteiger partial charge in [0.25, 0.3) is 0 Å². The zero-order valence-electron chi connectivity index (χ0n) is 13.5. The smallest absolute Gasteiger partial charge is 0.222 e. The number of nitrogens with one attached hydrogen (secondary N) is 2. The van der Waals surface area contributed by atoms with Gasteiger partial charge in [-0.1, -0.05) is 30.7 Å². The summed E-state index contributed by atoms with van der Waals surface area (Å²) < 4.78 is 0. The first-order valence-corrected chi connectivity index (χ1v) is 7.99. The number of carbonyl (C=O) groups excluding carboxylic acids is 1. The highest BCUT2D eigenvalue weighted by Crippen LogP contribution is 2.11. The lowest BCUT2D eigenvalue weighted by Gasteiger charge is -2.18. The van der Waals surface area contributed by atoms with Crippen LogP contribution in [-0.2, 0) is 11.3 Å². The summed E-state index contributed by atoms with van der Waals surface area (Å²) in [7, 11) is 1.75. The van der Waals surface area contributed by atoms with Crippen LogP contribution in [0.25, 0.3) is 0 Å². The summed E-state index contributed by atoms with van der Waals surface area (Å²) in [5.41, 5.74) is 1.14. The van der Waals surface area contributed by atoms with Crippen LogP contribution in [-0.4, -0.2) is 42.9 Å². The number of rotatable bonds is 4. The summed E-state index contributed by atoms with van der Waals surface area (Å²) in [4.78, 5) is 17.8. The van der Waals surface area contributed by atoms with Crippen molar-refractivity contribution in [1.82, 2.24) is 15.5 Å². The van der Waals surface area contributed by atoms with E-state index in [1.165, 1.54) is 0 Å². The first-order chi connectivity index (χ1) is 10.6. The van der Waals surface area contributed by atoms with E-state index in [-0.39, 0.29) is 35.9 Å². The number of amides is 1. The molecule has 1 unspecified atom stereocenters. The average Bonchev–Trinajstić information content (AvgIpc) is 3.00. The highest BCUT2D eigenvalue weighted by Gasteiger charge is 2.25. The molecule has 1 aliphatic rings. The lowest BCUT2D eigenvalue weighted by atomic mass is 10.2. The topological polar surface area (TPSA) is 56.7 Å². The van der Waals surface area contributed by atoms with E-state index in [1.54, 1.807) is 7.05 Å². The van der Waals surface area contributed by atoms with Crippen LogP contribution in [0.1, 0.15) is 25.3 Å². The Morgan fingerprint density at radius 3 is 2.70 bits per heavy atom. The number of nitrogens with zero attached hydrogens (tertiary/aromatic N) is 2. The normalized spacial score (nSPS) is 17.6. The Bertz CT molecular complexity index is 535. The molecule has 7 heteroatoms. The molecule has 128 valence electrons. The molecule has 5 nitrogen and oxygen atoms in total. The molecule has 0 spiro atoms. The standard InChI is InChI=1S/C16H23ClN4O.HI/c1-3-15(22)21-9-8-14(11-21)20-16(18-2)19-10-12-4-6-13(17)7-5-12;/h4-7,14H,3,8-11H2,1-2H3,(H2,18,19,20);1H. The van der Waals surface area contributed by atoms with Gasteiger partial charge in [-0.25, -0.2) is 0 Å². The second-order valence-corrected chi connectivity index (χ2v) is 5.81. The van der Waals surface area contributed by atoms with Gasteiger partial charge in [-0.15, -0.1) is 24.0 Å². The minimum atomic E-state index is 0. The average molecular weight is 451 g/mol. The maximum Gasteiger partial charge on any atom is 0.222 e. The number of hydrogen-bond donors (Lipinski definition) is 2. The molecule has 1 aliphatic heterocycles. The molecule has 1 fully saturated rings. The second kappa shape index (κ2) is 9.97. The maximum atomic E-state index is 11.7. The number of aliphatic imine (C=N–C) groups is 1. The number of carbonyl (C=O) groups is 1. The van der Waals surface area contributed by atoms with E-state index >= 15 is 0 Å². The molecule has 23 heavy (non-hydrogen) atoms. The van der Waals surface area contributed by atoms with Gasteiger partial charge in [0, 0.05) is 44.2 Å². The van der Waals surface area contributed by atoms with E-state index in [1.807, 2.05) is 36.1 Å². The first kappa shape index (κ1) is 20.0. The van der Waals surface area contributed by atoms with Gasteiger partial charge in [-0.3, -0.25) is 9.79 Å². The fraction of sp³-hybridized carbons (Fsp3) is 0.500. The summed E-state index contributed by atoms with van der Waals surface area (Å²) >= 11 is 5.88. The van der Waals surface area contributed by atoms with Gasteiger partial charge in [0.05, 0.1) is 0 Å². The minimum Gasteiger partial charge on any atom is -0.352 e.